The molecular weight excluding hydrogens is 441 g/mol. The average molecular weight is 459 g/mol. The Bertz CT molecular complexity index is 1180. The topological polar surface area (TPSA) is 82.8 Å². The first-order valence-electron chi connectivity index (χ1n) is 9.88. The highest BCUT2D eigenvalue weighted by Crippen LogP contribution is 2.40. The van der Waals surface area contributed by atoms with Gasteiger partial charge in [0.25, 0.3) is 0 Å². The maximum atomic E-state index is 15.5. The molecule has 7 nitrogen and oxygen atoms in total. The number of rotatable bonds is 5. The van der Waals surface area contributed by atoms with Crippen LogP contribution in [0.15, 0.2) is 17.1 Å². The molecule has 1 aromatic heterocycles. The number of hydrogen-bond donors (Lipinski definition) is 1. The average Bonchev–Trinajstić information content (AvgIpc) is 3.50. The number of alkyl halides is 3. The first-order chi connectivity index (χ1) is 15.0. The number of aromatic nitrogens is 1. The molecule has 172 valence electrons. The molecule has 0 spiro atoms. The van der Waals surface area contributed by atoms with Gasteiger partial charge in [0.15, 0.2) is 5.82 Å². The van der Waals surface area contributed by atoms with E-state index in [0.29, 0.717) is 17.7 Å². The number of carbonyl (C=O) groups excluding carboxylic acids is 1. The van der Waals surface area contributed by atoms with Crippen molar-refractivity contribution in [1.29, 1.82) is 0 Å². The number of likely N-dealkylation sites (N-methyl/N-ethyl adjacent to an activating group) is 1. The van der Waals surface area contributed by atoms with Crippen molar-refractivity contribution in [2.75, 3.05) is 24.5 Å². The van der Waals surface area contributed by atoms with E-state index in [9.17, 15) is 37.1 Å². The van der Waals surface area contributed by atoms with Gasteiger partial charge in [-0.15, -0.1) is 0 Å². The molecule has 12 heteroatoms. The minimum absolute atomic E-state index is 0.223. The third-order valence-electron chi connectivity index (χ3n) is 5.82. The second-order valence-corrected chi connectivity index (χ2v) is 7.88. The minimum atomic E-state index is -5.06. The number of carboxylic acid groups (broad SMARTS) is 1. The van der Waals surface area contributed by atoms with E-state index in [4.69, 9.17) is 0 Å². The Morgan fingerprint density at radius 2 is 1.84 bits per heavy atom. The molecule has 1 N–H and O–H groups in total. The third-order valence-corrected chi connectivity index (χ3v) is 5.82. The highest BCUT2D eigenvalue weighted by Gasteiger charge is 2.47. The summed E-state index contributed by atoms with van der Waals surface area (Å²) in [6.07, 6.45) is -2.77. The first kappa shape index (κ1) is 22.0. The molecule has 2 aromatic rings. The standard InChI is InChI=1S/C20H18F5N3O4/c1-2-27(19(32)20(23,24)25)10-6-26(7-10)16-13(21)5-11-15(14(16)22)28(9-3-4-9)8-12(17(11)29)18(30)31/h5,8-10H,2-4,6-7H2,1H3,(H,30,31). The van der Waals surface area contributed by atoms with Gasteiger partial charge in [0.2, 0.25) is 5.43 Å². The number of aromatic carboxylic acids is 1. The molecule has 1 aliphatic heterocycles. The molecule has 0 atom stereocenters. The third kappa shape index (κ3) is 3.47. The van der Waals surface area contributed by atoms with Crippen LogP contribution in [-0.2, 0) is 4.79 Å². The summed E-state index contributed by atoms with van der Waals surface area (Å²) in [6, 6.07) is -0.371. The number of anilines is 1. The summed E-state index contributed by atoms with van der Waals surface area (Å²) in [7, 11) is 0. The summed E-state index contributed by atoms with van der Waals surface area (Å²) in [6.45, 7) is 0.697. The molecule has 0 unspecified atom stereocenters. The van der Waals surface area contributed by atoms with E-state index >= 15 is 4.39 Å². The van der Waals surface area contributed by atoms with E-state index in [1.807, 2.05) is 0 Å². The van der Waals surface area contributed by atoms with Crippen LogP contribution in [0.5, 0.6) is 0 Å². The van der Waals surface area contributed by atoms with E-state index in [0.717, 1.165) is 17.2 Å². The monoisotopic (exact) mass is 459 g/mol. The minimum Gasteiger partial charge on any atom is -0.477 e. The molecule has 1 amide bonds. The van der Waals surface area contributed by atoms with Crippen molar-refractivity contribution in [2.24, 2.45) is 0 Å². The van der Waals surface area contributed by atoms with Crippen LogP contribution in [0.3, 0.4) is 0 Å². The molecule has 1 saturated carbocycles. The fourth-order valence-corrected chi connectivity index (χ4v) is 4.08. The van der Waals surface area contributed by atoms with Gasteiger partial charge in [0, 0.05) is 31.9 Å². The first-order valence-corrected chi connectivity index (χ1v) is 9.88. The molecule has 1 saturated heterocycles. The Morgan fingerprint density at radius 3 is 2.34 bits per heavy atom. The van der Waals surface area contributed by atoms with E-state index in [1.54, 1.807) is 0 Å². The zero-order valence-corrected chi connectivity index (χ0v) is 16.7. The Hall–Kier alpha value is -3.18. The summed E-state index contributed by atoms with van der Waals surface area (Å²) in [5.74, 6) is -5.77. The van der Waals surface area contributed by atoms with Gasteiger partial charge in [-0.1, -0.05) is 0 Å². The molecule has 32 heavy (non-hydrogen) atoms. The number of benzene rings is 1. The fraction of sp³-hybridized carbons (Fsp3) is 0.450. The van der Waals surface area contributed by atoms with E-state index in [1.165, 1.54) is 11.5 Å². The molecular formula is C20H18F5N3O4. The highest BCUT2D eigenvalue weighted by molar-refractivity contribution is 5.94. The predicted octanol–water partition coefficient (Wildman–Crippen LogP) is 2.91. The maximum Gasteiger partial charge on any atom is 0.471 e. The summed E-state index contributed by atoms with van der Waals surface area (Å²) >= 11 is 0. The summed E-state index contributed by atoms with van der Waals surface area (Å²) in [4.78, 5) is 37.2. The number of carboxylic acids is 1. The van der Waals surface area contributed by atoms with Gasteiger partial charge < -0.3 is 19.5 Å². The lowest BCUT2D eigenvalue weighted by Crippen LogP contribution is -2.63. The van der Waals surface area contributed by atoms with E-state index < -0.39 is 57.8 Å². The van der Waals surface area contributed by atoms with E-state index in [2.05, 4.69) is 0 Å². The van der Waals surface area contributed by atoms with Crippen LogP contribution in [0.4, 0.5) is 27.6 Å². The normalized spacial score (nSPS) is 16.9. The van der Waals surface area contributed by atoms with Crippen LogP contribution in [0.25, 0.3) is 10.9 Å². The van der Waals surface area contributed by atoms with Crippen molar-refractivity contribution in [3.8, 4) is 0 Å². The van der Waals surface area contributed by atoms with Gasteiger partial charge in [-0.05, 0) is 25.8 Å². The highest BCUT2D eigenvalue weighted by atomic mass is 19.4. The van der Waals surface area contributed by atoms with Crippen molar-refractivity contribution < 1.29 is 36.6 Å². The molecule has 4 rings (SSSR count). The molecule has 2 aliphatic rings. The molecule has 2 fully saturated rings. The second-order valence-electron chi connectivity index (χ2n) is 7.88. The number of halogens is 5. The van der Waals surface area contributed by atoms with Crippen molar-refractivity contribution in [3.63, 3.8) is 0 Å². The smallest absolute Gasteiger partial charge is 0.471 e. The molecule has 1 aromatic carbocycles. The van der Waals surface area contributed by atoms with Gasteiger partial charge >= 0.3 is 18.1 Å². The van der Waals surface area contributed by atoms with Crippen LogP contribution < -0.4 is 10.3 Å². The largest absolute Gasteiger partial charge is 0.477 e. The number of fused-ring (bicyclic) bond motifs is 1. The van der Waals surface area contributed by atoms with Crippen LogP contribution in [-0.4, -0.2) is 58.3 Å². The molecule has 0 bridgehead atoms. The molecule has 0 radical (unpaired) electrons. The Labute approximate surface area is 177 Å². The van der Waals surface area contributed by atoms with Crippen molar-refractivity contribution in [1.82, 2.24) is 9.47 Å². The summed E-state index contributed by atoms with van der Waals surface area (Å²) < 4.78 is 70.0. The summed E-state index contributed by atoms with van der Waals surface area (Å²) in [5.41, 5.74) is -2.41. The molecule has 1 aliphatic carbocycles. The number of carbonyl (C=O) groups is 2. The van der Waals surface area contributed by atoms with E-state index in [-0.39, 0.29) is 31.2 Å². The van der Waals surface area contributed by atoms with Crippen LogP contribution in [0.2, 0.25) is 0 Å². The van der Waals surface area contributed by atoms with Gasteiger partial charge in [-0.3, -0.25) is 9.59 Å². The Balaban J connectivity index is 1.73. The number of nitrogens with zero attached hydrogens (tertiary/aromatic N) is 3. The summed E-state index contributed by atoms with van der Waals surface area (Å²) in [5, 5.41) is 8.84. The van der Waals surface area contributed by atoms with Crippen molar-refractivity contribution in [2.45, 2.75) is 38.0 Å². The lowest BCUT2D eigenvalue weighted by atomic mass is 10.0. The number of pyridine rings is 1. The lowest BCUT2D eigenvalue weighted by Gasteiger charge is -2.46. The maximum absolute atomic E-state index is 15.5. The van der Waals surface area contributed by atoms with Gasteiger partial charge in [-0.25, -0.2) is 13.6 Å². The molecule has 2 heterocycles. The zero-order chi connectivity index (χ0) is 23.5. The number of hydrogen-bond acceptors (Lipinski definition) is 4. The van der Waals surface area contributed by atoms with Crippen molar-refractivity contribution in [3.05, 3.63) is 39.7 Å². The quantitative estimate of drug-likeness (QED) is 0.696. The van der Waals surface area contributed by atoms with Gasteiger partial charge in [0.05, 0.1) is 16.9 Å². The fourth-order valence-electron chi connectivity index (χ4n) is 4.08. The Morgan fingerprint density at radius 1 is 1.22 bits per heavy atom. The predicted molar refractivity (Wildman–Crippen MR) is 103 cm³/mol. The van der Waals surface area contributed by atoms with Crippen LogP contribution in [0.1, 0.15) is 36.2 Å². The van der Waals surface area contributed by atoms with Gasteiger partial charge in [0.1, 0.15) is 17.1 Å². The van der Waals surface area contributed by atoms with Crippen LogP contribution in [0, 0.1) is 11.6 Å². The Kier molecular flexibility index (Phi) is 5.13. The number of amides is 1. The van der Waals surface area contributed by atoms with Crippen LogP contribution >= 0.6 is 0 Å². The SMILES string of the molecule is CCN(C(=O)C(F)(F)F)C1CN(c2c(F)cc3c(=O)c(C(=O)O)cn(C4CC4)c3c2F)C1. The lowest BCUT2D eigenvalue weighted by molar-refractivity contribution is -0.188. The second kappa shape index (κ2) is 7.45. The van der Waals surface area contributed by atoms with Gasteiger partial charge in [-0.2, -0.15) is 13.2 Å². The zero-order valence-electron chi connectivity index (χ0n) is 16.7. The van der Waals surface area contributed by atoms with Crippen molar-refractivity contribution >= 4 is 28.5 Å².